The Morgan fingerprint density at radius 3 is 1.29 bits per heavy atom. The minimum Gasteiger partial charge on any atom is -0.0683 e. The van der Waals surface area contributed by atoms with Crippen molar-refractivity contribution in [1.29, 1.82) is 0 Å². The van der Waals surface area contributed by atoms with Gasteiger partial charge in [0.2, 0.25) is 0 Å². The van der Waals surface area contributed by atoms with E-state index in [2.05, 4.69) is 109 Å². The Hall–Kier alpha value is -3.90. The number of rotatable bonds is 2. The molecule has 164 valence electrons. The third-order valence-electron chi connectivity index (χ3n) is 7.11. The summed E-state index contributed by atoms with van der Waals surface area (Å²) in [4.78, 5) is 0. The lowest BCUT2D eigenvalue weighted by Gasteiger charge is -2.17. The van der Waals surface area contributed by atoms with Crippen molar-refractivity contribution in [2.45, 2.75) is 26.7 Å². The second-order valence-electron chi connectivity index (χ2n) is 8.93. The van der Waals surface area contributed by atoms with E-state index < -0.39 is 0 Å². The van der Waals surface area contributed by atoms with E-state index in [1.54, 1.807) is 0 Å². The van der Waals surface area contributed by atoms with Crippen molar-refractivity contribution >= 4 is 17.7 Å². The average Bonchev–Trinajstić information content (AvgIpc) is 3.60. The maximum absolute atomic E-state index is 2.42. The molecule has 0 saturated carbocycles. The highest BCUT2D eigenvalue weighted by atomic mass is 14.3. The molecule has 3 aliphatic rings. The van der Waals surface area contributed by atoms with Crippen LogP contribution >= 0.6 is 0 Å². The van der Waals surface area contributed by atoms with Crippen LogP contribution in [0.1, 0.15) is 47.2 Å². The van der Waals surface area contributed by atoms with Crippen LogP contribution < -0.4 is 0 Å². The molecule has 4 aromatic rings. The van der Waals surface area contributed by atoms with E-state index in [0.29, 0.717) is 0 Å². The third-order valence-corrected chi connectivity index (χ3v) is 7.11. The normalized spacial score (nSPS) is 14.2. The quantitative estimate of drug-likeness (QED) is 0.259. The van der Waals surface area contributed by atoms with Crippen molar-refractivity contribution in [3.8, 4) is 11.1 Å². The first-order valence-electron chi connectivity index (χ1n) is 12.4. The zero-order valence-corrected chi connectivity index (χ0v) is 19.8. The van der Waals surface area contributed by atoms with Gasteiger partial charge in [-0.05, 0) is 79.6 Å². The van der Waals surface area contributed by atoms with E-state index in [0.717, 1.165) is 12.8 Å². The van der Waals surface area contributed by atoms with Gasteiger partial charge in [-0.3, -0.25) is 0 Å². The van der Waals surface area contributed by atoms with E-state index in [4.69, 9.17) is 0 Å². The molecule has 4 aromatic carbocycles. The van der Waals surface area contributed by atoms with Crippen molar-refractivity contribution < 1.29 is 0 Å². The van der Waals surface area contributed by atoms with Gasteiger partial charge in [0.15, 0.2) is 0 Å². The summed E-state index contributed by atoms with van der Waals surface area (Å²) in [5.74, 6) is 0. The fraction of sp³-hybridized carbons (Fsp3) is 0.118. The Morgan fingerprint density at radius 1 is 0.471 bits per heavy atom. The highest BCUT2D eigenvalue weighted by Gasteiger charge is 2.30. The maximum Gasteiger partial charge on any atom is -0.00133 e. The lowest BCUT2D eigenvalue weighted by Crippen LogP contribution is -2.00. The Morgan fingerprint density at radius 2 is 0.853 bits per heavy atom. The van der Waals surface area contributed by atoms with Crippen molar-refractivity contribution in [3.63, 3.8) is 0 Å². The van der Waals surface area contributed by atoms with Crippen LogP contribution in [0.15, 0.2) is 114 Å². The zero-order valence-electron chi connectivity index (χ0n) is 19.8. The van der Waals surface area contributed by atoms with Gasteiger partial charge in [0, 0.05) is 0 Å². The van der Waals surface area contributed by atoms with Gasteiger partial charge in [0.1, 0.15) is 0 Å². The summed E-state index contributed by atoms with van der Waals surface area (Å²) in [6.45, 7) is 4.00. The van der Waals surface area contributed by atoms with Gasteiger partial charge in [-0.15, -0.1) is 0 Å². The third kappa shape index (κ3) is 3.22. The molecule has 0 saturated heterocycles. The fourth-order valence-electron chi connectivity index (χ4n) is 5.69. The van der Waals surface area contributed by atoms with E-state index >= 15 is 0 Å². The van der Waals surface area contributed by atoms with Gasteiger partial charge in [-0.25, -0.2) is 0 Å². The number of benzene rings is 4. The van der Waals surface area contributed by atoms with Crippen molar-refractivity contribution in [2.75, 3.05) is 0 Å². The molecule has 7 rings (SSSR count). The maximum atomic E-state index is 2.42. The molecule has 0 unspecified atom stereocenters. The summed E-state index contributed by atoms with van der Waals surface area (Å²) in [5.41, 5.74) is 16.7. The van der Waals surface area contributed by atoms with Crippen LogP contribution in [0.3, 0.4) is 0 Å². The Kier molecular flexibility index (Phi) is 5.15. The average molecular weight is 437 g/mol. The van der Waals surface area contributed by atoms with Gasteiger partial charge < -0.3 is 0 Å². The lowest BCUT2D eigenvalue weighted by atomic mass is 9.86. The first-order valence-corrected chi connectivity index (χ1v) is 12.4. The van der Waals surface area contributed by atoms with Crippen LogP contribution in [-0.2, 0) is 12.8 Å². The fourth-order valence-corrected chi connectivity index (χ4v) is 5.69. The molecule has 3 aliphatic carbocycles. The summed E-state index contributed by atoms with van der Waals surface area (Å²) in [6, 6.07) is 35.5. The molecule has 34 heavy (non-hydrogen) atoms. The minimum atomic E-state index is 0.993. The molecule has 0 fully saturated rings. The first kappa shape index (κ1) is 20.7. The van der Waals surface area contributed by atoms with Crippen LogP contribution in [0.5, 0.6) is 0 Å². The van der Waals surface area contributed by atoms with Crippen LogP contribution in [0.4, 0.5) is 0 Å². The lowest BCUT2D eigenvalue weighted by molar-refractivity contribution is 1.15. The predicted octanol–water partition coefficient (Wildman–Crippen LogP) is 8.77. The summed E-state index contributed by atoms with van der Waals surface area (Å²) < 4.78 is 0. The monoisotopic (exact) mass is 436 g/mol. The van der Waals surface area contributed by atoms with E-state index in [-0.39, 0.29) is 0 Å². The summed E-state index contributed by atoms with van der Waals surface area (Å²) in [6.07, 6.45) is 6.83. The molecule has 0 amide bonds. The molecule has 0 atom stereocenters. The van der Waals surface area contributed by atoms with E-state index in [1.165, 1.54) is 66.8 Å². The van der Waals surface area contributed by atoms with Gasteiger partial charge in [0.25, 0.3) is 0 Å². The van der Waals surface area contributed by atoms with Crippen LogP contribution in [-0.4, -0.2) is 0 Å². The van der Waals surface area contributed by atoms with Gasteiger partial charge in [0.05, 0.1) is 0 Å². The molecule has 0 bridgehead atoms. The molecule has 0 aliphatic heterocycles. The summed E-state index contributed by atoms with van der Waals surface area (Å²) in [7, 11) is 0. The molecule has 0 N–H and O–H groups in total. The Bertz CT molecular complexity index is 1390. The van der Waals surface area contributed by atoms with Crippen molar-refractivity contribution in [2.24, 2.45) is 0 Å². The summed E-state index contributed by atoms with van der Waals surface area (Å²) >= 11 is 0. The second-order valence-corrected chi connectivity index (χ2v) is 8.93. The number of hydrogen-bond donors (Lipinski definition) is 0. The van der Waals surface area contributed by atoms with Crippen molar-refractivity contribution in [1.82, 2.24) is 0 Å². The predicted molar refractivity (Wildman–Crippen MR) is 145 cm³/mol. The van der Waals surface area contributed by atoms with E-state index in [1.807, 2.05) is 13.8 Å². The van der Waals surface area contributed by atoms with Gasteiger partial charge in [-0.1, -0.05) is 123 Å². The largest absolute Gasteiger partial charge is 0.0683 e. The highest BCUT2D eigenvalue weighted by Crippen LogP contribution is 2.50. The Labute approximate surface area is 202 Å². The number of hydrogen-bond acceptors (Lipinski definition) is 0. The molecule has 0 radical (unpaired) electrons. The van der Waals surface area contributed by atoms with Crippen LogP contribution in [0.2, 0.25) is 0 Å². The Balaban J connectivity index is 0.00000106. The number of allylic oxidation sites excluding steroid dienone is 3. The zero-order chi connectivity index (χ0) is 23.1. The number of fused-ring (bicyclic) bond motifs is 5. The molecule has 0 nitrogen and oxygen atoms in total. The standard InChI is InChI=1S/C32H22.C2H6/c1-2-10-22-18-25(17-21(22)9-1)31(26-19-23-11-3-4-12-24(23)20-26)32-29-15-7-5-13-27(29)28-14-6-8-16-30(28)32;1-2/h1-17,19H,18,20H2;1-2H3. The first-order chi connectivity index (χ1) is 16.9. The second kappa shape index (κ2) is 8.47. The van der Waals surface area contributed by atoms with Crippen LogP contribution in [0, 0.1) is 0 Å². The minimum absolute atomic E-state index is 0.993. The van der Waals surface area contributed by atoms with Gasteiger partial charge in [-0.2, -0.15) is 0 Å². The highest BCUT2D eigenvalue weighted by molar-refractivity contribution is 6.05. The van der Waals surface area contributed by atoms with Crippen LogP contribution in [0.25, 0.3) is 28.9 Å². The molecule has 0 heterocycles. The molecule has 0 heteroatoms. The van der Waals surface area contributed by atoms with Gasteiger partial charge >= 0.3 is 0 Å². The molecular weight excluding hydrogens is 408 g/mol. The smallest absolute Gasteiger partial charge is 0.00133 e. The topological polar surface area (TPSA) is 0 Å². The molecular formula is C34H28. The molecule has 0 aromatic heterocycles. The molecule has 0 spiro atoms. The SMILES string of the molecule is C1=C(C(C2=Cc3ccccc3C2)=C2c3ccccc3-c3ccccc32)Cc2ccccc21.CC. The summed E-state index contributed by atoms with van der Waals surface area (Å²) in [5, 5.41) is 0. The van der Waals surface area contributed by atoms with Crippen molar-refractivity contribution in [3.05, 3.63) is 147 Å². The van der Waals surface area contributed by atoms with E-state index in [9.17, 15) is 0 Å².